The predicted molar refractivity (Wildman–Crippen MR) is 82.3 cm³/mol. The van der Waals surface area contributed by atoms with Crippen LogP contribution in [0, 0.1) is 10.1 Å². The number of rotatable bonds is 3. The van der Waals surface area contributed by atoms with Crippen molar-refractivity contribution in [3.8, 4) is 0 Å². The Morgan fingerprint density at radius 2 is 2.05 bits per heavy atom. The maximum atomic E-state index is 12.1. The summed E-state index contributed by atoms with van der Waals surface area (Å²) in [4.78, 5) is 22.5. The number of carbonyl (C=O) groups excluding carboxylic acids is 1. The fourth-order valence-corrected chi connectivity index (χ4v) is 2.91. The number of halogens is 1. The minimum Gasteiger partial charge on any atom is -0.325 e. The highest BCUT2D eigenvalue weighted by molar-refractivity contribution is 9.10. The van der Waals surface area contributed by atoms with Crippen LogP contribution in [0.4, 0.5) is 11.4 Å². The van der Waals surface area contributed by atoms with Crippen LogP contribution in [-0.4, -0.2) is 10.8 Å². The summed E-state index contributed by atoms with van der Waals surface area (Å²) in [5.41, 5.74) is 2.54. The number of hydrogen-bond donors (Lipinski definition) is 1. The molecule has 0 saturated heterocycles. The molecule has 0 aromatic heterocycles. The Hall–Kier alpha value is -2.21. The second-order valence-corrected chi connectivity index (χ2v) is 5.82. The number of benzene rings is 2. The average Bonchev–Trinajstić information content (AvgIpc) is 2.75. The zero-order valence-electron chi connectivity index (χ0n) is 10.9. The summed E-state index contributed by atoms with van der Waals surface area (Å²) in [6.45, 7) is 0. The summed E-state index contributed by atoms with van der Waals surface area (Å²) in [6, 6.07) is 12.0. The van der Waals surface area contributed by atoms with E-state index in [4.69, 9.17) is 0 Å². The van der Waals surface area contributed by atoms with Gasteiger partial charge >= 0.3 is 0 Å². The molecule has 106 valence electrons. The number of nitro groups is 1. The number of carbonyl (C=O) groups is 1. The molecule has 21 heavy (non-hydrogen) atoms. The lowest BCUT2D eigenvalue weighted by molar-refractivity contribution is -0.384. The van der Waals surface area contributed by atoms with E-state index >= 15 is 0 Å². The predicted octanol–water partition coefficient (Wildman–Crippen LogP) is 3.64. The highest BCUT2D eigenvalue weighted by atomic mass is 79.9. The summed E-state index contributed by atoms with van der Waals surface area (Å²) in [5.74, 6) is -0.394. The molecule has 0 bridgehead atoms. The first kappa shape index (κ1) is 13.8. The van der Waals surface area contributed by atoms with Crippen LogP contribution in [0.2, 0.25) is 0 Å². The van der Waals surface area contributed by atoms with Crippen molar-refractivity contribution >= 4 is 33.2 Å². The van der Waals surface area contributed by atoms with Gasteiger partial charge in [-0.15, -0.1) is 0 Å². The van der Waals surface area contributed by atoms with Crippen LogP contribution in [0.15, 0.2) is 46.9 Å². The van der Waals surface area contributed by atoms with E-state index in [1.54, 1.807) is 12.1 Å². The molecule has 0 saturated carbocycles. The lowest BCUT2D eigenvalue weighted by Gasteiger charge is -2.09. The van der Waals surface area contributed by atoms with Crippen molar-refractivity contribution in [1.82, 2.24) is 0 Å². The van der Waals surface area contributed by atoms with E-state index < -0.39 is 4.92 Å². The zero-order valence-corrected chi connectivity index (χ0v) is 12.5. The maximum absolute atomic E-state index is 12.1. The number of anilines is 1. The minimum atomic E-state index is -0.428. The normalized spacial score (nSPS) is 16.4. The van der Waals surface area contributed by atoms with Crippen molar-refractivity contribution in [3.63, 3.8) is 0 Å². The third-order valence-electron chi connectivity index (χ3n) is 3.52. The molecule has 1 amide bonds. The van der Waals surface area contributed by atoms with Gasteiger partial charge in [0.25, 0.3) is 5.69 Å². The Morgan fingerprint density at radius 3 is 2.81 bits per heavy atom. The van der Waals surface area contributed by atoms with E-state index in [1.807, 2.05) is 18.2 Å². The molecule has 1 N–H and O–H groups in total. The molecule has 1 aliphatic rings. The zero-order chi connectivity index (χ0) is 15.0. The maximum Gasteiger partial charge on any atom is 0.269 e. The molecule has 1 atom stereocenters. The van der Waals surface area contributed by atoms with Crippen LogP contribution in [0.25, 0.3) is 0 Å². The molecule has 1 aliphatic heterocycles. The summed E-state index contributed by atoms with van der Waals surface area (Å²) >= 11 is 3.40. The number of nitrogens with one attached hydrogen (secondary N) is 1. The van der Waals surface area contributed by atoms with Gasteiger partial charge in [0.05, 0.1) is 10.8 Å². The van der Waals surface area contributed by atoms with Crippen molar-refractivity contribution in [1.29, 1.82) is 0 Å². The van der Waals surface area contributed by atoms with E-state index in [0.717, 1.165) is 21.3 Å². The molecule has 5 nitrogen and oxygen atoms in total. The van der Waals surface area contributed by atoms with E-state index in [2.05, 4.69) is 21.2 Å². The van der Waals surface area contributed by atoms with Crippen LogP contribution >= 0.6 is 15.9 Å². The van der Waals surface area contributed by atoms with Crippen molar-refractivity contribution < 1.29 is 9.72 Å². The molecular formula is C15H11BrN2O3. The summed E-state index contributed by atoms with van der Waals surface area (Å²) < 4.78 is 0.904. The lowest BCUT2D eigenvalue weighted by atomic mass is 9.93. The SMILES string of the molecule is O=C1Nc2ccc(Br)cc2[C@H]1Cc1cccc([N+](=O)[O-])c1. The highest BCUT2D eigenvalue weighted by Crippen LogP contribution is 2.36. The molecule has 0 radical (unpaired) electrons. The fourth-order valence-electron chi connectivity index (χ4n) is 2.53. The molecule has 0 spiro atoms. The first-order chi connectivity index (χ1) is 10.0. The number of nitro benzene ring substituents is 1. The van der Waals surface area contributed by atoms with Crippen LogP contribution in [0.5, 0.6) is 0 Å². The molecule has 0 aliphatic carbocycles. The monoisotopic (exact) mass is 346 g/mol. The second-order valence-electron chi connectivity index (χ2n) is 4.90. The first-order valence-corrected chi connectivity index (χ1v) is 7.17. The van der Waals surface area contributed by atoms with Gasteiger partial charge in [-0.05, 0) is 35.7 Å². The standard InChI is InChI=1S/C15H11BrN2O3/c16-10-4-5-14-12(8-10)13(15(19)17-14)7-9-2-1-3-11(6-9)18(20)21/h1-6,8,13H,7H2,(H,17,19)/t13-/m1/s1. The number of fused-ring (bicyclic) bond motifs is 1. The summed E-state index contributed by atoms with van der Waals surface area (Å²) in [7, 11) is 0. The van der Waals surface area contributed by atoms with Gasteiger partial charge in [0, 0.05) is 22.3 Å². The van der Waals surface area contributed by atoms with Crippen molar-refractivity contribution in [2.75, 3.05) is 5.32 Å². The molecule has 2 aromatic rings. The fraction of sp³-hybridized carbons (Fsp3) is 0.133. The minimum absolute atomic E-state index is 0.0420. The van der Waals surface area contributed by atoms with E-state index in [1.165, 1.54) is 12.1 Å². The Balaban J connectivity index is 1.92. The molecule has 2 aromatic carbocycles. The van der Waals surface area contributed by atoms with Gasteiger partial charge < -0.3 is 5.32 Å². The van der Waals surface area contributed by atoms with Gasteiger partial charge in [-0.25, -0.2) is 0 Å². The summed E-state index contributed by atoms with van der Waals surface area (Å²) in [6.07, 6.45) is 0.441. The Morgan fingerprint density at radius 1 is 1.24 bits per heavy atom. The van der Waals surface area contributed by atoms with Gasteiger partial charge in [-0.1, -0.05) is 28.1 Å². The quantitative estimate of drug-likeness (QED) is 0.681. The largest absolute Gasteiger partial charge is 0.325 e. The molecule has 1 heterocycles. The van der Waals surface area contributed by atoms with Crippen molar-refractivity contribution in [2.24, 2.45) is 0 Å². The molecular weight excluding hydrogens is 336 g/mol. The number of non-ortho nitro benzene ring substituents is 1. The molecule has 0 unspecified atom stereocenters. The van der Waals surface area contributed by atoms with Crippen LogP contribution in [0.3, 0.4) is 0 Å². The Bertz CT molecular complexity index is 745. The van der Waals surface area contributed by atoms with Crippen molar-refractivity contribution in [3.05, 3.63) is 68.2 Å². The molecule has 3 rings (SSSR count). The lowest BCUT2D eigenvalue weighted by Crippen LogP contribution is -2.14. The Labute approximate surface area is 129 Å². The topological polar surface area (TPSA) is 72.2 Å². The summed E-state index contributed by atoms with van der Waals surface area (Å²) in [5, 5.41) is 13.7. The second kappa shape index (κ2) is 5.29. The van der Waals surface area contributed by atoms with E-state index in [0.29, 0.717) is 6.42 Å². The van der Waals surface area contributed by atoms with E-state index in [9.17, 15) is 14.9 Å². The van der Waals surface area contributed by atoms with Gasteiger partial charge in [0.1, 0.15) is 0 Å². The van der Waals surface area contributed by atoms with Crippen LogP contribution in [-0.2, 0) is 11.2 Å². The van der Waals surface area contributed by atoms with Gasteiger partial charge in [-0.3, -0.25) is 14.9 Å². The Kier molecular flexibility index (Phi) is 3.47. The smallest absolute Gasteiger partial charge is 0.269 e. The van der Waals surface area contributed by atoms with E-state index in [-0.39, 0.29) is 17.5 Å². The number of hydrogen-bond acceptors (Lipinski definition) is 3. The first-order valence-electron chi connectivity index (χ1n) is 6.38. The van der Waals surface area contributed by atoms with Gasteiger partial charge in [0.2, 0.25) is 5.91 Å². The van der Waals surface area contributed by atoms with Crippen LogP contribution < -0.4 is 5.32 Å². The van der Waals surface area contributed by atoms with Crippen molar-refractivity contribution in [2.45, 2.75) is 12.3 Å². The van der Waals surface area contributed by atoms with Gasteiger partial charge in [-0.2, -0.15) is 0 Å². The number of nitrogens with zero attached hydrogens (tertiary/aromatic N) is 1. The average molecular weight is 347 g/mol. The third kappa shape index (κ3) is 2.67. The number of amides is 1. The van der Waals surface area contributed by atoms with Gasteiger partial charge in [0.15, 0.2) is 0 Å². The highest BCUT2D eigenvalue weighted by Gasteiger charge is 2.30. The third-order valence-corrected chi connectivity index (χ3v) is 4.02. The molecule has 6 heteroatoms. The van der Waals surface area contributed by atoms with Crippen LogP contribution in [0.1, 0.15) is 17.0 Å². The molecule has 0 fully saturated rings.